The molecule has 0 N–H and O–H groups in total. The quantitative estimate of drug-likeness (QED) is 0.537. The van der Waals surface area contributed by atoms with Crippen molar-refractivity contribution in [3.63, 3.8) is 0 Å². The van der Waals surface area contributed by atoms with Gasteiger partial charge in [-0.25, -0.2) is 0 Å². The van der Waals surface area contributed by atoms with Crippen LogP contribution in [0.4, 0.5) is 18.9 Å². The van der Waals surface area contributed by atoms with E-state index in [4.69, 9.17) is 4.74 Å². The second-order valence-corrected chi connectivity index (χ2v) is 8.40. The summed E-state index contributed by atoms with van der Waals surface area (Å²) in [5.74, 6) is -0.365. The second-order valence-electron chi connectivity index (χ2n) is 8.40. The first-order chi connectivity index (χ1) is 16.8. The molecule has 2 bridgehead atoms. The number of rotatable bonds is 4. The van der Waals surface area contributed by atoms with Crippen molar-refractivity contribution >= 4 is 17.5 Å². The van der Waals surface area contributed by atoms with Gasteiger partial charge in [0, 0.05) is 12.0 Å². The van der Waals surface area contributed by atoms with Crippen LogP contribution in [0.15, 0.2) is 78.9 Å². The predicted octanol–water partition coefficient (Wildman–Crippen LogP) is 4.79. The maximum atomic E-state index is 13.8. The van der Waals surface area contributed by atoms with E-state index in [1.807, 2.05) is 6.07 Å². The SMILES string of the molecule is O=C1C2CC(CN2C(=O)c2ccccc2)Oc2ccccc2N1Cc1ccc(OC(F)(F)F)cc1. The number of benzene rings is 3. The Bertz CT molecular complexity index is 1230. The monoisotopic (exact) mass is 482 g/mol. The highest BCUT2D eigenvalue weighted by Gasteiger charge is 2.45. The Labute approximate surface area is 199 Å². The first-order valence-electron chi connectivity index (χ1n) is 11.1. The van der Waals surface area contributed by atoms with Gasteiger partial charge in [-0.2, -0.15) is 0 Å². The molecule has 1 fully saturated rings. The van der Waals surface area contributed by atoms with Gasteiger partial charge in [-0.15, -0.1) is 13.2 Å². The molecule has 0 aliphatic carbocycles. The van der Waals surface area contributed by atoms with Gasteiger partial charge in [0.05, 0.1) is 18.8 Å². The fourth-order valence-corrected chi connectivity index (χ4v) is 4.49. The molecule has 5 rings (SSSR count). The van der Waals surface area contributed by atoms with Crippen LogP contribution in [0.1, 0.15) is 22.3 Å². The molecule has 2 heterocycles. The molecule has 3 aromatic rings. The van der Waals surface area contributed by atoms with Crippen LogP contribution in [0, 0.1) is 0 Å². The normalized spacial score (nSPS) is 19.5. The van der Waals surface area contributed by atoms with E-state index < -0.39 is 12.4 Å². The van der Waals surface area contributed by atoms with Gasteiger partial charge in [-0.3, -0.25) is 9.59 Å². The summed E-state index contributed by atoms with van der Waals surface area (Å²) in [7, 11) is 0. The van der Waals surface area contributed by atoms with Crippen molar-refractivity contribution in [1.82, 2.24) is 4.90 Å². The Kier molecular flexibility index (Phi) is 5.84. The molecule has 0 radical (unpaired) electrons. The number of para-hydroxylation sites is 2. The van der Waals surface area contributed by atoms with Gasteiger partial charge in [-0.1, -0.05) is 42.5 Å². The Morgan fingerprint density at radius 2 is 1.66 bits per heavy atom. The third kappa shape index (κ3) is 4.80. The Morgan fingerprint density at radius 1 is 0.971 bits per heavy atom. The van der Waals surface area contributed by atoms with Gasteiger partial charge < -0.3 is 19.3 Å². The number of nitrogens with zero attached hydrogens (tertiary/aromatic N) is 2. The molecule has 9 heteroatoms. The fourth-order valence-electron chi connectivity index (χ4n) is 4.49. The fraction of sp³-hybridized carbons (Fsp3) is 0.231. The molecule has 1 saturated heterocycles. The third-order valence-corrected chi connectivity index (χ3v) is 6.04. The van der Waals surface area contributed by atoms with Crippen molar-refractivity contribution < 1.29 is 32.2 Å². The smallest absolute Gasteiger partial charge is 0.486 e. The highest BCUT2D eigenvalue weighted by Crippen LogP contribution is 2.37. The van der Waals surface area contributed by atoms with E-state index in [9.17, 15) is 22.8 Å². The summed E-state index contributed by atoms with van der Waals surface area (Å²) >= 11 is 0. The van der Waals surface area contributed by atoms with Crippen LogP contribution in [0.25, 0.3) is 0 Å². The van der Waals surface area contributed by atoms with E-state index in [-0.39, 0.29) is 36.8 Å². The molecule has 0 spiro atoms. The van der Waals surface area contributed by atoms with Gasteiger partial charge in [0.25, 0.3) is 5.91 Å². The highest BCUT2D eigenvalue weighted by molar-refractivity contribution is 6.03. The van der Waals surface area contributed by atoms with Crippen LogP contribution in [0.3, 0.4) is 0 Å². The standard InChI is InChI=1S/C26H21F3N2O4/c27-26(28,29)35-19-12-10-17(11-13-19)15-30-21-8-4-5-9-23(21)34-20-14-22(25(30)33)31(16-20)24(32)18-6-2-1-3-7-18/h1-13,20,22H,14-16H2. The molecule has 0 aromatic heterocycles. The summed E-state index contributed by atoms with van der Waals surface area (Å²) < 4.78 is 47.7. The van der Waals surface area contributed by atoms with E-state index in [1.54, 1.807) is 53.4 Å². The first kappa shape index (κ1) is 22.8. The largest absolute Gasteiger partial charge is 0.573 e. The molecule has 2 aliphatic heterocycles. The lowest BCUT2D eigenvalue weighted by Crippen LogP contribution is -2.47. The van der Waals surface area contributed by atoms with Crippen molar-refractivity contribution in [2.45, 2.75) is 31.5 Å². The third-order valence-electron chi connectivity index (χ3n) is 6.04. The number of fused-ring (bicyclic) bond motifs is 3. The summed E-state index contributed by atoms with van der Waals surface area (Å²) in [6, 6.07) is 20.5. The summed E-state index contributed by atoms with van der Waals surface area (Å²) in [6.45, 7) is 0.357. The zero-order chi connectivity index (χ0) is 24.6. The molecular formula is C26H21F3N2O4. The molecule has 2 aliphatic rings. The minimum absolute atomic E-state index is 0.0834. The van der Waals surface area contributed by atoms with Crippen LogP contribution in [0.2, 0.25) is 0 Å². The van der Waals surface area contributed by atoms with E-state index in [2.05, 4.69) is 4.74 Å². The van der Waals surface area contributed by atoms with Crippen LogP contribution in [-0.2, 0) is 11.3 Å². The summed E-state index contributed by atoms with van der Waals surface area (Å²) in [5.41, 5.74) is 1.62. The number of anilines is 1. The summed E-state index contributed by atoms with van der Waals surface area (Å²) in [5, 5.41) is 0. The van der Waals surface area contributed by atoms with Gasteiger partial charge in [0.15, 0.2) is 0 Å². The lowest BCUT2D eigenvalue weighted by atomic mass is 10.1. The van der Waals surface area contributed by atoms with E-state index in [0.717, 1.165) is 0 Å². The molecular weight excluding hydrogens is 461 g/mol. The average Bonchev–Trinajstić information content (AvgIpc) is 3.27. The number of hydrogen-bond donors (Lipinski definition) is 0. The number of ether oxygens (including phenoxy) is 2. The number of amides is 2. The highest BCUT2D eigenvalue weighted by atomic mass is 19.4. The van der Waals surface area contributed by atoms with Crippen molar-refractivity contribution in [3.05, 3.63) is 90.0 Å². The molecule has 0 saturated carbocycles. The molecule has 2 unspecified atom stereocenters. The van der Waals surface area contributed by atoms with Gasteiger partial charge in [-0.05, 0) is 42.0 Å². The Balaban J connectivity index is 1.46. The number of alkyl halides is 3. The van der Waals surface area contributed by atoms with Crippen molar-refractivity contribution in [1.29, 1.82) is 0 Å². The molecule has 6 nitrogen and oxygen atoms in total. The topological polar surface area (TPSA) is 59.1 Å². The van der Waals surface area contributed by atoms with Gasteiger partial charge >= 0.3 is 6.36 Å². The maximum Gasteiger partial charge on any atom is 0.573 e. The summed E-state index contributed by atoms with van der Waals surface area (Å²) in [4.78, 5) is 30.1. The van der Waals surface area contributed by atoms with Gasteiger partial charge in [0.1, 0.15) is 23.6 Å². The van der Waals surface area contributed by atoms with E-state index in [1.165, 1.54) is 29.2 Å². The lowest BCUT2D eigenvalue weighted by Gasteiger charge is -2.32. The zero-order valence-corrected chi connectivity index (χ0v) is 18.4. The van der Waals surface area contributed by atoms with E-state index >= 15 is 0 Å². The Hall–Kier alpha value is -4.01. The molecule has 2 atom stereocenters. The van der Waals surface area contributed by atoms with Crippen LogP contribution in [-0.4, -0.2) is 41.8 Å². The minimum atomic E-state index is -4.79. The second kappa shape index (κ2) is 8.98. The number of hydrogen-bond acceptors (Lipinski definition) is 4. The number of carbonyl (C=O) groups excluding carboxylic acids is 2. The number of halogens is 3. The van der Waals surface area contributed by atoms with Crippen LogP contribution < -0.4 is 14.4 Å². The molecule has 2 amide bonds. The average molecular weight is 482 g/mol. The molecule has 35 heavy (non-hydrogen) atoms. The molecule has 3 aromatic carbocycles. The van der Waals surface area contributed by atoms with E-state index in [0.29, 0.717) is 29.0 Å². The number of carbonyl (C=O) groups is 2. The van der Waals surface area contributed by atoms with Gasteiger partial charge in [0.2, 0.25) is 5.91 Å². The minimum Gasteiger partial charge on any atom is -0.486 e. The van der Waals surface area contributed by atoms with Crippen LogP contribution in [0.5, 0.6) is 11.5 Å². The van der Waals surface area contributed by atoms with Crippen molar-refractivity contribution in [2.24, 2.45) is 0 Å². The number of likely N-dealkylation sites (tertiary alicyclic amines) is 1. The molecule has 180 valence electrons. The first-order valence-corrected chi connectivity index (χ1v) is 11.1. The van der Waals surface area contributed by atoms with Crippen molar-refractivity contribution in [2.75, 3.05) is 11.4 Å². The zero-order valence-electron chi connectivity index (χ0n) is 18.4. The summed E-state index contributed by atoms with van der Waals surface area (Å²) in [6.07, 6.45) is -4.77. The van der Waals surface area contributed by atoms with Crippen LogP contribution >= 0.6 is 0 Å². The maximum absolute atomic E-state index is 13.8. The Morgan fingerprint density at radius 3 is 2.37 bits per heavy atom. The van der Waals surface area contributed by atoms with Crippen molar-refractivity contribution in [3.8, 4) is 11.5 Å². The predicted molar refractivity (Wildman–Crippen MR) is 121 cm³/mol. The lowest BCUT2D eigenvalue weighted by molar-refractivity contribution is -0.274.